The zero-order valence-electron chi connectivity index (χ0n) is 11.3. The number of anilines is 1. The van der Waals surface area contributed by atoms with Crippen molar-refractivity contribution in [3.8, 4) is 0 Å². The molecule has 1 aromatic carbocycles. The number of nitrogen functional groups attached to an aromatic ring is 1. The maximum Gasteiger partial charge on any atom is 0.0387 e. The number of para-hydroxylation sites is 1. The fourth-order valence-electron chi connectivity index (χ4n) is 1.95. The van der Waals surface area contributed by atoms with Gasteiger partial charge in [-0.3, -0.25) is 0 Å². The highest BCUT2D eigenvalue weighted by molar-refractivity contribution is 5.57. The van der Waals surface area contributed by atoms with Gasteiger partial charge in [0.15, 0.2) is 0 Å². The Kier molecular flexibility index (Phi) is 5.02. The van der Waals surface area contributed by atoms with Crippen LogP contribution in [0.15, 0.2) is 42.5 Å². The third-order valence-electron chi connectivity index (χ3n) is 2.99. The molecule has 0 amide bonds. The standard InChI is InChI=1S/C16H23N/c1-5-6-7-9-13(4)15-11-8-10-14(12(2)3)16(15)17/h5-13H,17H2,1-4H3/b6-5-,9-7+. The highest BCUT2D eigenvalue weighted by atomic mass is 14.6. The average molecular weight is 229 g/mol. The molecule has 0 aliphatic carbocycles. The fraction of sp³-hybridized carbons (Fsp3) is 0.375. The lowest BCUT2D eigenvalue weighted by atomic mass is 9.92. The third-order valence-corrected chi connectivity index (χ3v) is 2.99. The molecular weight excluding hydrogens is 206 g/mol. The third kappa shape index (κ3) is 3.48. The molecule has 0 bridgehead atoms. The normalized spacial score (nSPS) is 13.9. The van der Waals surface area contributed by atoms with E-state index in [2.05, 4.69) is 51.1 Å². The molecule has 0 saturated carbocycles. The van der Waals surface area contributed by atoms with Crippen LogP contribution in [0.1, 0.15) is 50.7 Å². The maximum atomic E-state index is 6.24. The van der Waals surface area contributed by atoms with E-state index in [9.17, 15) is 0 Å². The van der Waals surface area contributed by atoms with Gasteiger partial charge in [0.25, 0.3) is 0 Å². The highest BCUT2D eigenvalue weighted by Crippen LogP contribution is 2.30. The topological polar surface area (TPSA) is 26.0 Å². The van der Waals surface area contributed by atoms with Gasteiger partial charge in [-0.1, -0.05) is 63.3 Å². The molecule has 1 atom stereocenters. The molecule has 2 N–H and O–H groups in total. The Morgan fingerprint density at radius 1 is 1.06 bits per heavy atom. The molecule has 1 rings (SSSR count). The van der Waals surface area contributed by atoms with Crippen LogP contribution in [0.3, 0.4) is 0 Å². The highest BCUT2D eigenvalue weighted by Gasteiger charge is 2.11. The minimum atomic E-state index is 0.352. The summed E-state index contributed by atoms with van der Waals surface area (Å²) >= 11 is 0. The Morgan fingerprint density at radius 3 is 2.29 bits per heavy atom. The second-order valence-corrected chi connectivity index (χ2v) is 4.70. The molecular formula is C16H23N. The van der Waals surface area contributed by atoms with Gasteiger partial charge in [0.1, 0.15) is 0 Å². The number of hydrogen-bond acceptors (Lipinski definition) is 1. The molecule has 92 valence electrons. The summed E-state index contributed by atoms with van der Waals surface area (Å²) in [6.07, 6.45) is 8.32. The van der Waals surface area contributed by atoms with Crippen LogP contribution in [0, 0.1) is 0 Å². The van der Waals surface area contributed by atoms with Gasteiger partial charge in [-0.25, -0.2) is 0 Å². The van der Waals surface area contributed by atoms with Crippen molar-refractivity contribution in [3.63, 3.8) is 0 Å². The number of hydrogen-bond donors (Lipinski definition) is 1. The predicted octanol–water partition coefficient (Wildman–Crippen LogP) is 4.63. The van der Waals surface area contributed by atoms with Crippen molar-refractivity contribution in [2.45, 2.75) is 39.5 Å². The monoisotopic (exact) mass is 229 g/mol. The van der Waals surface area contributed by atoms with Crippen molar-refractivity contribution in [2.75, 3.05) is 5.73 Å². The lowest BCUT2D eigenvalue weighted by molar-refractivity contribution is 0.861. The van der Waals surface area contributed by atoms with Crippen LogP contribution >= 0.6 is 0 Å². The molecule has 1 nitrogen and oxygen atoms in total. The smallest absolute Gasteiger partial charge is 0.0387 e. The van der Waals surface area contributed by atoms with Crippen molar-refractivity contribution in [1.82, 2.24) is 0 Å². The summed E-state index contributed by atoms with van der Waals surface area (Å²) in [4.78, 5) is 0. The summed E-state index contributed by atoms with van der Waals surface area (Å²) in [7, 11) is 0. The summed E-state index contributed by atoms with van der Waals surface area (Å²) in [5.41, 5.74) is 9.65. The molecule has 17 heavy (non-hydrogen) atoms. The van der Waals surface area contributed by atoms with Crippen molar-refractivity contribution in [2.24, 2.45) is 0 Å². The molecule has 0 heterocycles. The maximum absolute atomic E-state index is 6.24. The Morgan fingerprint density at radius 2 is 1.71 bits per heavy atom. The molecule has 1 unspecified atom stereocenters. The van der Waals surface area contributed by atoms with Gasteiger partial charge in [-0.2, -0.15) is 0 Å². The molecule has 0 radical (unpaired) electrons. The van der Waals surface area contributed by atoms with E-state index in [1.54, 1.807) is 0 Å². The average Bonchev–Trinajstić information content (AvgIpc) is 2.29. The zero-order valence-corrected chi connectivity index (χ0v) is 11.3. The Bertz CT molecular complexity index is 414. The van der Waals surface area contributed by atoms with Crippen LogP contribution < -0.4 is 5.73 Å². The molecule has 0 spiro atoms. The molecule has 1 heteroatoms. The lowest BCUT2D eigenvalue weighted by Gasteiger charge is -2.16. The van der Waals surface area contributed by atoms with E-state index < -0.39 is 0 Å². The first-order chi connectivity index (χ1) is 8.07. The van der Waals surface area contributed by atoms with Gasteiger partial charge < -0.3 is 5.73 Å². The molecule has 0 aliphatic rings. The van der Waals surface area contributed by atoms with E-state index in [-0.39, 0.29) is 0 Å². The minimum Gasteiger partial charge on any atom is -0.398 e. The predicted molar refractivity (Wildman–Crippen MR) is 77.3 cm³/mol. The molecule has 1 aromatic rings. The second kappa shape index (κ2) is 6.29. The van der Waals surface area contributed by atoms with Gasteiger partial charge in [0, 0.05) is 11.6 Å². The van der Waals surface area contributed by atoms with Crippen LogP contribution in [0.4, 0.5) is 5.69 Å². The first kappa shape index (κ1) is 13.6. The van der Waals surface area contributed by atoms with Crippen molar-refractivity contribution >= 4 is 5.69 Å². The zero-order chi connectivity index (χ0) is 12.8. The van der Waals surface area contributed by atoms with Gasteiger partial charge >= 0.3 is 0 Å². The minimum absolute atomic E-state index is 0.352. The van der Waals surface area contributed by atoms with Crippen molar-refractivity contribution < 1.29 is 0 Å². The first-order valence-electron chi connectivity index (χ1n) is 6.25. The second-order valence-electron chi connectivity index (χ2n) is 4.70. The fourth-order valence-corrected chi connectivity index (χ4v) is 1.95. The van der Waals surface area contributed by atoms with E-state index in [0.717, 1.165) is 5.69 Å². The van der Waals surface area contributed by atoms with Crippen LogP contribution in [-0.2, 0) is 0 Å². The number of nitrogens with two attached hydrogens (primary N) is 1. The number of allylic oxidation sites excluding steroid dienone is 4. The van der Waals surface area contributed by atoms with E-state index in [1.807, 2.05) is 19.1 Å². The van der Waals surface area contributed by atoms with Gasteiger partial charge in [-0.05, 0) is 24.0 Å². The summed E-state index contributed by atoms with van der Waals surface area (Å²) in [5.74, 6) is 0.826. The summed E-state index contributed by atoms with van der Waals surface area (Å²) in [6.45, 7) is 8.55. The SMILES string of the molecule is C/C=C\C=C\C(C)c1cccc(C(C)C)c1N. The van der Waals surface area contributed by atoms with E-state index in [1.165, 1.54) is 11.1 Å². The molecule has 0 fully saturated rings. The summed E-state index contributed by atoms with van der Waals surface area (Å²) in [6, 6.07) is 6.33. The summed E-state index contributed by atoms with van der Waals surface area (Å²) in [5, 5.41) is 0. The van der Waals surface area contributed by atoms with Crippen LogP contribution in [-0.4, -0.2) is 0 Å². The molecule has 0 aliphatic heterocycles. The van der Waals surface area contributed by atoms with E-state index >= 15 is 0 Å². The van der Waals surface area contributed by atoms with Crippen molar-refractivity contribution in [1.29, 1.82) is 0 Å². The Hall–Kier alpha value is -1.50. The van der Waals surface area contributed by atoms with Crippen LogP contribution in [0.5, 0.6) is 0 Å². The van der Waals surface area contributed by atoms with E-state index in [0.29, 0.717) is 11.8 Å². The van der Waals surface area contributed by atoms with Gasteiger partial charge in [0.2, 0.25) is 0 Å². The Labute approximate surface area is 105 Å². The Balaban J connectivity index is 3.02. The quantitative estimate of drug-likeness (QED) is 0.591. The van der Waals surface area contributed by atoms with Crippen LogP contribution in [0.25, 0.3) is 0 Å². The van der Waals surface area contributed by atoms with E-state index in [4.69, 9.17) is 5.73 Å². The molecule has 0 saturated heterocycles. The first-order valence-corrected chi connectivity index (χ1v) is 6.25. The van der Waals surface area contributed by atoms with Gasteiger partial charge in [0.05, 0.1) is 0 Å². The molecule has 0 aromatic heterocycles. The van der Waals surface area contributed by atoms with Crippen molar-refractivity contribution in [3.05, 3.63) is 53.6 Å². The number of benzene rings is 1. The van der Waals surface area contributed by atoms with Gasteiger partial charge in [-0.15, -0.1) is 0 Å². The lowest BCUT2D eigenvalue weighted by Crippen LogP contribution is -2.03. The summed E-state index contributed by atoms with van der Waals surface area (Å²) < 4.78 is 0. The largest absolute Gasteiger partial charge is 0.398 e. The number of rotatable bonds is 4. The van der Waals surface area contributed by atoms with Crippen LogP contribution in [0.2, 0.25) is 0 Å².